The quantitative estimate of drug-likeness (QED) is 0.376. The maximum absolute atomic E-state index is 13.8. The normalized spacial score (nSPS) is 19.3. The average Bonchev–Trinajstić information content (AvgIpc) is 2.25. The zero-order valence-electron chi connectivity index (χ0n) is 11.0. The SMILES string of the molecule is CCOC(=O)C(C)(Br)CC(F)(C(F)(F)F)C(F)(F)C(F)(F)F. The van der Waals surface area contributed by atoms with Gasteiger partial charge >= 0.3 is 24.2 Å². The Morgan fingerprint density at radius 1 is 0.955 bits per heavy atom. The highest BCUT2D eigenvalue weighted by atomic mass is 79.9. The van der Waals surface area contributed by atoms with Gasteiger partial charge in [0.05, 0.1) is 6.61 Å². The van der Waals surface area contributed by atoms with Crippen LogP contribution in [0.5, 0.6) is 0 Å². The molecule has 22 heavy (non-hydrogen) atoms. The minimum absolute atomic E-state index is 0.402. The third-order valence-electron chi connectivity index (χ3n) is 2.58. The second kappa shape index (κ2) is 6.08. The third-order valence-corrected chi connectivity index (χ3v) is 3.18. The van der Waals surface area contributed by atoms with Gasteiger partial charge in [0.15, 0.2) is 0 Å². The van der Waals surface area contributed by atoms with E-state index in [1.807, 2.05) is 0 Å². The zero-order valence-corrected chi connectivity index (χ0v) is 12.6. The summed E-state index contributed by atoms with van der Waals surface area (Å²) in [7, 11) is 0. The Morgan fingerprint density at radius 3 is 1.64 bits per heavy atom. The molecule has 0 saturated carbocycles. The Hall–Kier alpha value is -0.680. The van der Waals surface area contributed by atoms with Crippen LogP contribution in [0.4, 0.5) is 39.5 Å². The summed E-state index contributed by atoms with van der Waals surface area (Å²) in [5, 5.41) is 0. The molecule has 0 spiro atoms. The number of halogens is 10. The first-order valence-electron chi connectivity index (χ1n) is 5.50. The molecule has 2 unspecified atom stereocenters. The molecular formula is C10H10BrF9O2. The molecule has 0 heterocycles. The summed E-state index contributed by atoms with van der Waals surface area (Å²) in [5.74, 6) is -8.38. The van der Waals surface area contributed by atoms with Crippen LogP contribution in [0.1, 0.15) is 20.3 Å². The number of ether oxygens (including phenoxy) is 1. The summed E-state index contributed by atoms with van der Waals surface area (Å²) in [6.45, 7) is 1.30. The monoisotopic (exact) mass is 412 g/mol. The Morgan fingerprint density at radius 2 is 1.36 bits per heavy atom. The number of hydrogen-bond donors (Lipinski definition) is 0. The topological polar surface area (TPSA) is 26.3 Å². The van der Waals surface area contributed by atoms with Gasteiger partial charge < -0.3 is 4.74 Å². The Balaban J connectivity index is 5.94. The Bertz CT molecular complexity index is 416. The molecule has 2 atom stereocenters. The van der Waals surface area contributed by atoms with Gasteiger partial charge in [-0.2, -0.15) is 35.1 Å². The predicted octanol–water partition coefficient (Wildman–Crippen LogP) is 4.56. The van der Waals surface area contributed by atoms with Gasteiger partial charge in [-0.1, -0.05) is 15.9 Å². The van der Waals surface area contributed by atoms with Gasteiger partial charge in [0.25, 0.3) is 5.67 Å². The lowest BCUT2D eigenvalue weighted by Gasteiger charge is -2.38. The van der Waals surface area contributed by atoms with Gasteiger partial charge in [0, 0.05) is 6.42 Å². The van der Waals surface area contributed by atoms with Crippen molar-refractivity contribution in [2.24, 2.45) is 0 Å². The minimum Gasteiger partial charge on any atom is -0.465 e. The van der Waals surface area contributed by atoms with Crippen molar-refractivity contribution >= 4 is 21.9 Å². The number of alkyl halides is 10. The Kier molecular flexibility index (Phi) is 5.89. The van der Waals surface area contributed by atoms with Crippen molar-refractivity contribution in [1.29, 1.82) is 0 Å². The maximum Gasteiger partial charge on any atom is 0.457 e. The number of esters is 1. The summed E-state index contributed by atoms with van der Waals surface area (Å²) in [4.78, 5) is 11.3. The molecule has 0 radical (unpaired) electrons. The lowest BCUT2D eigenvalue weighted by Crippen LogP contribution is -2.64. The zero-order chi connectivity index (χ0) is 18.2. The van der Waals surface area contributed by atoms with E-state index >= 15 is 0 Å². The smallest absolute Gasteiger partial charge is 0.457 e. The predicted molar refractivity (Wildman–Crippen MR) is 59.5 cm³/mol. The van der Waals surface area contributed by atoms with Crippen molar-refractivity contribution in [2.75, 3.05) is 6.61 Å². The van der Waals surface area contributed by atoms with Crippen molar-refractivity contribution in [1.82, 2.24) is 0 Å². The van der Waals surface area contributed by atoms with Gasteiger partial charge in [-0.25, -0.2) is 4.39 Å². The fraction of sp³-hybridized carbons (Fsp3) is 0.900. The van der Waals surface area contributed by atoms with Crippen LogP contribution >= 0.6 is 15.9 Å². The van der Waals surface area contributed by atoms with E-state index in [9.17, 15) is 44.3 Å². The van der Waals surface area contributed by atoms with E-state index in [1.165, 1.54) is 6.92 Å². The van der Waals surface area contributed by atoms with Crippen molar-refractivity contribution < 1.29 is 49.0 Å². The maximum atomic E-state index is 13.8. The molecule has 0 amide bonds. The lowest BCUT2D eigenvalue weighted by atomic mass is 9.86. The van der Waals surface area contributed by atoms with Crippen LogP contribution in [-0.4, -0.2) is 40.8 Å². The molecule has 0 aromatic heterocycles. The summed E-state index contributed by atoms with van der Waals surface area (Å²) in [5.41, 5.74) is -6.02. The molecule has 0 rings (SSSR count). The molecule has 0 aromatic carbocycles. The Labute approximate surface area is 127 Å². The number of carbonyl (C=O) groups is 1. The van der Waals surface area contributed by atoms with E-state index in [4.69, 9.17) is 0 Å². The van der Waals surface area contributed by atoms with E-state index in [2.05, 4.69) is 20.7 Å². The molecule has 0 bridgehead atoms. The van der Waals surface area contributed by atoms with E-state index in [-0.39, 0.29) is 0 Å². The summed E-state index contributed by atoms with van der Waals surface area (Å²) >= 11 is 2.22. The van der Waals surface area contributed by atoms with Crippen LogP contribution in [-0.2, 0) is 9.53 Å². The highest BCUT2D eigenvalue weighted by Gasteiger charge is 2.81. The molecular weight excluding hydrogens is 403 g/mol. The van der Waals surface area contributed by atoms with Crippen molar-refractivity contribution in [3.05, 3.63) is 0 Å². The van der Waals surface area contributed by atoms with Crippen LogP contribution in [0.3, 0.4) is 0 Å². The summed E-state index contributed by atoms with van der Waals surface area (Å²) in [6.07, 6.45) is -15.9. The fourth-order valence-electron chi connectivity index (χ4n) is 1.43. The molecule has 132 valence electrons. The first kappa shape index (κ1) is 21.3. The van der Waals surface area contributed by atoms with Crippen LogP contribution < -0.4 is 0 Å². The first-order valence-corrected chi connectivity index (χ1v) is 6.29. The van der Waals surface area contributed by atoms with Crippen LogP contribution in [0.15, 0.2) is 0 Å². The van der Waals surface area contributed by atoms with E-state index in [1.54, 1.807) is 0 Å². The van der Waals surface area contributed by atoms with Gasteiger partial charge in [-0.3, -0.25) is 4.79 Å². The largest absolute Gasteiger partial charge is 0.465 e. The minimum atomic E-state index is -6.81. The van der Waals surface area contributed by atoms with E-state index in [0.29, 0.717) is 6.92 Å². The van der Waals surface area contributed by atoms with Crippen LogP contribution in [0, 0.1) is 0 Å². The summed E-state index contributed by atoms with van der Waals surface area (Å²) < 4.78 is 116. The number of rotatable bonds is 5. The number of carbonyl (C=O) groups excluding carboxylic acids is 1. The lowest BCUT2D eigenvalue weighted by molar-refractivity contribution is -0.385. The first-order chi connectivity index (χ1) is 9.44. The van der Waals surface area contributed by atoms with E-state index < -0.39 is 47.3 Å². The average molecular weight is 413 g/mol. The van der Waals surface area contributed by atoms with Crippen molar-refractivity contribution in [2.45, 2.75) is 48.5 Å². The van der Waals surface area contributed by atoms with Gasteiger partial charge in [0.1, 0.15) is 4.32 Å². The molecule has 0 fully saturated rings. The molecule has 0 aliphatic rings. The van der Waals surface area contributed by atoms with Crippen LogP contribution in [0.25, 0.3) is 0 Å². The second-order valence-corrected chi connectivity index (χ2v) is 6.22. The molecule has 12 heteroatoms. The van der Waals surface area contributed by atoms with Gasteiger partial charge in [0.2, 0.25) is 0 Å². The molecule has 2 nitrogen and oxygen atoms in total. The number of hydrogen-bond acceptors (Lipinski definition) is 2. The summed E-state index contributed by atoms with van der Waals surface area (Å²) in [6, 6.07) is 0. The molecule has 0 N–H and O–H groups in total. The highest BCUT2D eigenvalue weighted by molar-refractivity contribution is 9.10. The van der Waals surface area contributed by atoms with Gasteiger partial charge in [-0.15, -0.1) is 0 Å². The molecule has 0 aliphatic heterocycles. The van der Waals surface area contributed by atoms with E-state index in [0.717, 1.165) is 0 Å². The van der Waals surface area contributed by atoms with Crippen LogP contribution in [0.2, 0.25) is 0 Å². The third kappa shape index (κ3) is 3.80. The fourth-order valence-corrected chi connectivity index (χ4v) is 1.93. The molecule has 0 aliphatic carbocycles. The molecule has 0 aromatic rings. The standard InChI is InChI=1S/C10H10BrF9O2/c1-3-22-5(21)6(2,11)4-7(12,9(15,16)17)8(13,14)10(18,19)20/h3-4H2,1-2H3. The van der Waals surface area contributed by atoms with Crippen molar-refractivity contribution in [3.8, 4) is 0 Å². The highest BCUT2D eigenvalue weighted by Crippen LogP contribution is 2.56. The molecule has 0 saturated heterocycles. The van der Waals surface area contributed by atoms with Crippen molar-refractivity contribution in [3.63, 3.8) is 0 Å². The second-order valence-electron chi connectivity index (χ2n) is 4.47. The van der Waals surface area contributed by atoms with Gasteiger partial charge in [-0.05, 0) is 13.8 Å².